The van der Waals surface area contributed by atoms with Gasteiger partial charge in [-0.2, -0.15) is 0 Å². The Hall–Kier alpha value is -2.73. The normalized spacial score (nSPS) is 11.3. The van der Waals surface area contributed by atoms with Crippen molar-refractivity contribution in [3.8, 4) is 0 Å². The highest BCUT2D eigenvalue weighted by Gasteiger charge is 2.14. The first-order valence-electron chi connectivity index (χ1n) is 7.88. The summed E-state index contributed by atoms with van der Waals surface area (Å²) in [6.45, 7) is 5.40. The number of amides is 1. The second-order valence-corrected chi connectivity index (χ2v) is 6.02. The maximum atomic E-state index is 11.4. The van der Waals surface area contributed by atoms with Crippen molar-refractivity contribution in [3.63, 3.8) is 0 Å². The largest absolute Gasteiger partial charge is 0.369 e. The second kappa shape index (κ2) is 6.80. The fraction of sp³-hybridized carbons (Fsp3) is 0.278. The van der Waals surface area contributed by atoms with E-state index >= 15 is 0 Å². The van der Waals surface area contributed by atoms with E-state index in [2.05, 4.69) is 9.97 Å². The zero-order valence-electron chi connectivity index (χ0n) is 13.9. The molecule has 2 heterocycles. The molecule has 2 N–H and O–H groups in total. The molecule has 0 radical (unpaired) electrons. The van der Waals surface area contributed by atoms with Gasteiger partial charge in [-0.05, 0) is 25.5 Å². The Morgan fingerprint density at radius 3 is 2.67 bits per heavy atom. The van der Waals surface area contributed by atoms with Gasteiger partial charge < -0.3 is 5.73 Å². The van der Waals surface area contributed by atoms with Gasteiger partial charge in [0.1, 0.15) is 0 Å². The van der Waals surface area contributed by atoms with E-state index in [9.17, 15) is 4.79 Å². The minimum Gasteiger partial charge on any atom is -0.369 e. The molecule has 6 nitrogen and oxygen atoms in total. The third kappa shape index (κ3) is 3.60. The van der Waals surface area contributed by atoms with E-state index in [1.165, 1.54) is 0 Å². The number of benzene rings is 1. The third-order valence-electron chi connectivity index (χ3n) is 3.88. The number of hydrogen-bond donors (Lipinski definition) is 1. The van der Waals surface area contributed by atoms with Crippen molar-refractivity contribution in [1.82, 2.24) is 19.3 Å². The summed E-state index contributed by atoms with van der Waals surface area (Å²) in [6.07, 6.45) is 1.81. The van der Waals surface area contributed by atoms with Crippen LogP contribution in [0, 0.1) is 13.8 Å². The Kier molecular flexibility index (Phi) is 4.57. The lowest BCUT2D eigenvalue weighted by Gasteiger charge is -2.21. The van der Waals surface area contributed by atoms with Gasteiger partial charge in [-0.1, -0.05) is 30.3 Å². The molecule has 0 saturated heterocycles. The average molecular weight is 323 g/mol. The maximum absolute atomic E-state index is 11.4. The maximum Gasteiger partial charge on any atom is 0.234 e. The number of carbonyl (C=O) groups excluding carboxylic acids is 1. The molecule has 0 aliphatic rings. The summed E-state index contributed by atoms with van der Waals surface area (Å²) >= 11 is 0. The minimum atomic E-state index is -0.342. The van der Waals surface area contributed by atoms with Gasteiger partial charge in [0.15, 0.2) is 0 Å². The van der Waals surface area contributed by atoms with Crippen LogP contribution in [0.3, 0.4) is 0 Å². The summed E-state index contributed by atoms with van der Waals surface area (Å²) in [5.41, 5.74) is 9.57. The quantitative estimate of drug-likeness (QED) is 0.751. The molecular weight excluding hydrogens is 302 g/mol. The second-order valence-electron chi connectivity index (χ2n) is 6.02. The SMILES string of the molecule is Cc1cc(C)n2c(CN(CC(N)=O)Cc3ccccc3)cnc2n1. The van der Waals surface area contributed by atoms with Gasteiger partial charge in [0.05, 0.1) is 18.4 Å². The van der Waals surface area contributed by atoms with Gasteiger partial charge in [-0.15, -0.1) is 0 Å². The third-order valence-corrected chi connectivity index (χ3v) is 3.88. The standard InChI is InChI=1S/C18H21N5O/c1-13-8-14(2)23-16(9-20-18(23)21-13)11-22(12-17(19)24)10-15-6-4-3-5-7-15/h3-9H,10-12H2,1-2H3,(H2,19,24). The molecular formula is C18H21N5O. The highest BCUT2D eigenvalue weighted by molar-refractivity contribution is 5.75. The number of imidazole rings is 1. The molecule has 0 atom stereocenters. The first kappa shape index (κ1) is 16.1. The van der Waals surface area contributed by atoms with Crippen molar-refractivity contribution < 1.29 is 4.79 Å². The van der Waals surface area contributed by atoms with E-state index in [0.29, 0.717) is 18.9 Å². The summed E-state index contributed by atoms with van der Waals surface area (Å²) in [5, 5.41) is 0. The molecule has 0 unspecified atom stereocenters. The Bertz CT molecular complexity index is 856. The van der Waals surface area contributed by atoms with Crippen molar-refractivity contribution in [2.75, 3.05) is 6.54 Å². The van der Waals surface area contributed by atoms with E-state index < -0.39 is 0 Å². The molecule has 0 spiro atoms. The van der Waals surface area contributed by atoms with Gasteiger partial charge in [0.2, 0.25) is 11.7 Å². The zero-order valence-corrected chi connectivity index (χ0v) is 13.9. The monoisotopic (exact) mass is 323 g/mol. The molecule has 1 aromatic carbocycles. The predicted molar refractivity (Wildman–Crippen MR) is 92.2 cm³/mol. The van der Waals surface area contributed by atoms with Crippen LogP contribution in [0.25, 0.3) is 5.78 Å². The molecule has 0 aliphatic carbocycles. The first-order chi connectivity index (χ1) is 11.5. The summed E-state index contributed by atoms with van der Waals surface area (Å²) in [4.78, 5) is 22.3. The summed E-state index contributed by atoms with van der Waals surface area (Å²) in [7, 11) is 0. The van der Waals surface area contributed by atoms with E-state index in [1.807, 2.05) is 65.7 Å². The topological polar surface area (TPSA) is 76.5 Å². The summed E-state index contributed by atoms with van der Waals surface area (Å²) in [5.74, 6) is 0.340. The van der Waals surface area contributed by atoms with Gasteiger partial charge in [0.25, 0.3) is 0 Å². The van der Waals surface area contributed by atoms with Crippen LogP contribution in [-0.2, 0) is 17.9 Å². The van der Waals surface area contributed by atoms with Crippen molar-refractivity contribution in [3.05, 3.63) is 65.2 Å². The predicted octanol–water partition coefficient (Wildman–Crippen LogP) is 1.83. The number of rotatable bonds is 6. The summed E-state index contributed by atoms with van der Waals surface area (Å²) < 4.78 is 2.02. The molecule has 24 heavy (non-hydrogen) atoms. The van der Waals surface area contributed by atoms with Crippen molar-refractivity contribution in [1.29, 1.82) is 0 Å². The Labute approximate surface area is 140 Å². The van der Waals surface area contributed by atoms with Crippen molar-refractivity contribution in [2.45, 2.75) is 26.9 Å². The molecule has 0 aliphatic heterocycles. The molecule has 1 amide bonds. The van der Waals surface area contributed by atoms with Crippen molar-refractivity contribution >= 4 is 11.7 Å². The molecule has 3 aromatic rings. The number of aryl methyl sites for hydroxylation is 2. The Balaban J connectivity index is 1.88. The van der Waals surface area contributed by atoms with Crippen LogP contribution in [0.5, 0.6) is 0 Å². The van der Waals surface area contributed by atoms with E-state index in [-0.39, 0.29) is 12.5 Å². The molecule has 124 valence electrons. The van der Waals surface area contributed by atoms with Gasteiger partial charge in [0, 0.05) is 24.5 Å². The molecule has 2 aromatic heterocycles. The summed E-state index contributed by atoms with van der Waals surface area (Å²) in [6, 6.07) is 12.1. The Morgan fingerprint density at radius 1 is 1.21 bits per heavy atom. The van der Waals surface area contributed by atoms with Gasteiger partial charge >= 0.3 is 0 Å². The number of fused-ring (bicyclic) bond motifs is 1. The van der Waals surface area contributed by atoms with Crippen LogP contribution >= 0.6 is 0 Å². The van der Waals surface area contributed by atoms with Gasteiger partial charge in [-0.25, -0.2) is 9.97 Å². The van der Waals surface area contributed by atoms with Crippen LogP contribution < -0.4 is 5.73 Å². The highest BCUT2D eigenvalue weighted by atomic mass is 16.1. The number of hydrogen-bond acceptors (Lipinski definition) is 4. The van der Waals surface area contributed by atoms with E-state index in [0.717, 1.165) is 22.6 Å². The lowest BCUT2D eigenvalue weighted by Crippen LogP contribution is -2.33. The minimum absolute atomic E-state index is 0.195. The highest BCUT2D eigenvalue weighted by Crippen LogP contribution is 2.14. The number of nitrogens with two attached hydrogens (primary N) is 1. The van der Waals surface area contributed by atoms with Crippen molar-refractivity contribution in [2.24, 2.45) is 5.73 Å². The Morgan fingerprint density at radius 2 is 1.96 bits per heavy atom. The van der Waals surface area contributed by atoms with Crippen LogP contribution in [0.1, 0.15) is 22.6 Å². The number of nitrogens with zero attached hydrogens (tertiary/aromatic N) is 4. The van der Waals surface area contributed by atoms with Crippen LogP contribution in [0.4, 0.5) is 0 Å². The molecule has 0 saturated carbocycles. The molecule has 3 rings (SSSR count). The molecule has 6 heteroatoms. The van der Waals surface area contributed by atoms with Crippen LogP contribution in [0.15, 0.2) is 42.6 Å². The zero-order chi connectivity index (χ0) is 17.1. The number of carbonyl (C=O) groups is 1. The lowest BCUT2D eigenvalue weighted by molar-refractivity contribution is -0.119. The van der Waals surface area contributed by atoms with Crippen LogP contribution in [-0.4, -0.2) is 31.7 Å². The number of primary amides is 1. The lowest BCUT2D eigenvalue weighted by atomic mass is 10.2. The first-order valence-corrected chi connectivity index (χ1v) is 7.88. The van der Waals surface area contributed by atoms with E-state index in [1.54, 1.807) is 0 Å². The molecule has 0 bridgehead atoms. The smallest absolute Gasteiger partial charge is 0.234 e. The van der Waals surface area contributed by atoms with E-state index in [4.69, 9.17) is 5.73 Å². The number of aromatic nitrogens is 3. The van der Waals surface area contributed by atoms with Gasteiger partial charge in [-0.3, -0.25) is 14.1 Å². The fourth-order valence-corrected chi connectivity index (χ4v) is 2.97. The molecule has 0 fully saturated rings. The average Bonchev–Trinajstić information content (AvgIpc) is 2.90. The fourth-order valence-electron chi connectivity index (χ4n) is 2.97. The van der Waals surface area contributed by atoms with Crippen LogP contribution in [0.2, 0.25) is 0 Å².